The molecular formula is C17H21N5O. The van der Waals surface area contributed by atoms with Gasteiger partial charge in [-0.3, -0.25) is 0 Å². The van der Waals surface area contributed by atoms with Crippen LogP contribution in [-0.2, 0) is 11.2 Å². The number of hydrogen-bond donors (Lipinski definition) is 3. The summed E-state index contributed by atoms with van der Waals surface area (Å²) in [6.07, 6.45) is 4.75. The molecule has 3 N–H and O–H groups in total. The summed E-state index contributed by atoms with van der Waals surface area (Å²) < 4.78 is 5.00. The summed E-state index contributed by atoms with van der Waals surface area (Å²) in [4.78, 5) is 11.9. The van der Waals surface area contributed by atoms with Gasteiger partial charge in [0.05, 0.1) is 6.61 Å². The van der Waals surface area contributed by atoms with Crippen molar-refractivity contribution in [2.24, 2.45) is 0 Å². The lowest BCUT2D eigenvalue weighted by molar-refractivity contribution is 0.210. The second-order valence-corrected chi connectivity index (χ2v) is 5.22. The molecule has 6 nitrogen and oxygen atoms in total. The summed E-state index contributed by atoms with van der Waals surface area (Å²) in [5, 5.41) is 7.74. The zero-order valence-corrected chi connectivity index (χ0v) is 13.2. The Morgan fingerprint density at radius 1 is 1.13 bits per heavy atom. The molecular weight excluding hydrogens is 290 g/mol. The molecule has 0 aliphatic rings. The van der Waals surface area contributed by atoms with E-state index >= 15 is 0 Å². The van der Waals surface area contributed by atoms with Gasteiger partial charge in [-0.2, -0.15) is 4.98 Å². The molecule has 0 saturated carbocycles. The summed E-state index contributed by atoms with van der Waals surface area (Å²) in [6.45, 7) is 2.13. The molecule has 0 atom stereocenters. The lowest BCUT2D eigenvalue weighted by Crippen LogP contribution is -2.12. The van der Waals surface area contributed by atoms with Crippen LogP contribution < -0.4 is 10.6 Å². The number of rotatable bonds is 8. The predicted octanol–water partition coefficient (Wildman–Crippen LogP) is 2.67. The van der Waals surface area contributed by atoms with Gasteiger partial charge >= 0.3 is 0 Å². The van der Waals surface area contributed by atoms with E-state index in [-0.39, 0.29) is 0 Å². The first kappa shape index (κ1) is 15.3. The average molecular weight is 311 g/mol. The van der Waals surface area contributed by atoms with Gasteiger partial charge in [0.2, 0.25) is 5.95 Å². The van der Waals surface area contributed by atoms with E-state index in [0.29, 0.717) is 19.1 Å². The third-order valence-electron chi connectivity index (χ3n) is 3.62. The number of para-hydroxylation sites is 1. The number of aromatic amines is 1. The second kappa shape index (κ2) is 7.60. The fraction of sp³-hybridized carbons (Fsp3) is 0.294. The van der Waals surface area contributed by atoms with Gasteiger partial charge in [-0.05, 0) is 24.1 Å². The Kier molecular flexibility index (Phi) is 5.06. The molecule has 0 saturated heterocycles. The van der Waals surface area contributed by atoms with Crippen LogP contribution in [-0.4, -0.2) is 41.8 Å². The summed E-state index contributed by atoms with van der Waals surface area (Å²) in [5.74, 6) is 1.43. The number of hydrogen-bond acceptors (Lipinski definition) is 5. The maximum Gasteiger partial charge on any atom is 0.224 e. The van der Waals surface area contributed by atoms with Crippen LogP contribution in [0.5, 0.6) is 0 Å². The predicted molar refractivity (Wildman–Crippen MR) is 92.9 cm³/mol. The highest BCUT2D eigenvalue weighted by Gasteiger charge is 2.03. The smallest absolute Gasteiger partial charge is 0.224 e. The molecule has 6 heteroatoms. The summed E-state index contributed by atoms with van der Waals surface area (Å²) in [5.41, 5.74) is 2.48. The minimum absolute atomic E-state index is 0.610. The number of ether oxygens (including phenoxy) is 1. The Morgan fingerprint density at radius 2 is 2.04 bits per heavy atom. The van der Waals surface area contributed by atoms with Gasteiger partial charge in [-0.15, -0.1) is 0 Å². The van der Waals surface area contributed by atoms with Gasteiger partial charge in [0.25, 0.3) is 0 Å². The van der Waals surface area contributed by atoms with Crippen LogP contribution in [0.4, 0.5) is 11.8 Å². The highest BCUT2D eigenvalue weighted by Crippen LogP contribution is 2.18. The molecule has 2 heterocycles. The van der Waals surface area contributed by atoms with Gasteiger partial charge in [0.1, 0.15) is 5.82 Å². The zero-order valence-electron chi connectivity index (χ0n) is 13.2. The number of benzene rings is 1. The van der Waals surface area contributed by atoms with Crippen LogP contribution >= 0.6 is 0 Å². The van der Waals surface area contributed by atoms with Crippen LogP contribution in [0.3, 0.4) is 0 Å². The van der Waals surface area contributed by atoms with Crippen LogP contribution in [0, 0.1) is 0 Å². The number of anilines is 2. The molecule has 0 spiro atoms. The fourth-order valence-electron chi connectivity index (χ4n) is 2.47. The minimum atomic E-state index is 0.610. The average Bonchev–Trinajstić information content (AvgIpc) is 2.99. The van der Waals surface area contributed by atoms with Gasteiger partial charge in [-0.25, -0.2) is 4.98 Å². The van der Waals surface area contributed by atoms with Gasteiger partial charge in [0.15, 0.2) is 0 Å². The van der Waals surface area contributed by atoms with Crippen molar-refractivity contribution in [3.05, 3.63) is 48.3 Å². The maximum atomic E-state index is 5.00. The Bertz CT molecular complexity index is 755. The zero-order chi connectivity index (χ0) is 15.9. The van der Waals surface area contributed by atoms with E-state index in [1.807, 2.05) is 12.1 Å². The van der Waals surface area contributed by atoms with Crippen LogP contribution in [0.1, 0.15) is 5.56 Å². The number of H-pyrrole nitrogens is 1. The fourth-order valence-corrected chi connectivity index (χ4v) is 2.47. The van der Waals surface area contributed by atoms with Crippen molar-refractivity contribution in [2.75, 3.05) is 37.4 Å². The van der Waals surface area contributed by atoms with Gasteiger partial charge < -0.3 is 20.4 Å². The molecule has 3 rings (SSSR count). The number of fused-ring (bicyclic) bond motifs is 1. The first-order valence-electron chi connectivity index (χ1n) is 7.71. The van der Waals surface area contributed by atoms with E-state index < -0.39 is 0 Å². The molecule has 2 aromatic heterocycles. The molecule has 120 valence electrons. The van der Waals surface area contributed by atoms with Gasteiger partial charge in [0, 0.05) is 43.5 Å². The lowest BCUT2D eigenvalue weighted by atomic mass is 10.1. The standard InChI is InChI=1S/C17H21N5O/c1-23-11-10-20-17-19-9-7-16(22-17)18-8-6-13-12-21-15-5-3-2-4-14(13)15/h2-5,7,9,12,21H,6,8,10-11H2,1H3,(H2,18,19,20,22). The Balaban J connectivity index is 1.55. The van der Waals surface area contributed by atoms with Crippen molar-refractivity contribution in [1.82, 2.24) is 15.0 Å². The van der Waals surface area contributed by atoms with E-state index in [1.165, 1.54) is 16.5 Å². The maximum absolute atomic E-state index is 5.00. The van der Waals surface area contributed by atoms with Crippen LogP contribution in [0.15, 0.2) is 42.7 Å². The van der Waals surface area contributed by atoms with E-state index in [4.69, 9.17) is 4.74 Å². The Labute approximate surface area is 135 Å². The summed E-state index contributed by atoms with van der Waals surface area (Å²) in [6, 6.07) is 10.2. The second-order valence-electron chi connectivity index (χ2n) is 5.22. The molecule has 0 aliphatic carbocycles. The molecule has 23 heavy (non-hydrogen) atoms. The molecule has 0 fully saturated rings. The number of nitrogens with one attached hydrogen (secondary N) is 3. The quantitative estimate of drug-likeness (QED) is 0.558. The SMILES string of the molecule is COCCNc1nccc(NCCc2c[nH]c3ccccc23)n1. The third kappa shape index (κ3) is 3.98. The summed E-state index contributed by atoms with van der Waals surface area (Å²) >= 11 is 0. The van der Waals surface area contributed by atoms with E-state index in [1.54, 1.807) is 13.3 Å². The van der Waals surface area contributed by atoms with Gasteiger partial charge in [-0.1, -0.05) is 18.2 Å². The minimum Gasteiger partial charge on any atom is -0.383 e. The van der Waals surface area contributed by atoms with E-state index in [0.717, 1.165) is 18.8 Å². The van der Waals surface area contributed by atoms with Crippen LogP contribution in [0.2, 0.25) is 0 Å². The molecule has 0 unspecified atom stereocenters. The molecule has 0 bridgehead atoms. The highest BCUT2D eigenvalue weighted by molar-refractivity contribution is 5.83. The molecule has 0 amide bonds. The molecule has 0 aliphatic heterocycles. The highest BCUT2D eigenvalue weighted by atomic mass is 16.5. The molecule has 3 aromatic rings. The van der Waals surface area contributed by atoms with Crippen molar-refractivity contribution < 1.29 is 4.74 Å². The van der Waals surface area contributed by atoms with Crippen molar-refractivity contribution in [3.8, 4) is 0 Å². The van der Waals surface area contributed by atoms with E-state index in [2.05, 4.69) is 50.0 Å². The third-order valence-corrected chi connectivity index (χ3v) is 3.62. The van der Waals surface area contributed by atoms with Crippen molar-refractivity contribution in [2.45, 2.75) is 6.42 Å². The van der Waals surface area contributed by atoms with Crippen molar-refractivity contribution >= 4 is 22.7 Å². The van der Waals surface area contributed by atoms with Crippen molar-refractivity contribution in [3.63, 3.8) is 0 Å². The first-order valence-corrected chi connectivity index (χ1v) is 7.71. The van der Waals surface area contributed by atoms with Crippen molar-refractivity contribution in [1.29, 1.82) is 0 Å². The largest absolute Gasteiger partial charge is 0.383 e. The first-order chi connectivity index (χ1) is 11.4. The number of methoxy groups -OCH3 is 1. The lowest BCUT2D eigenvalue weighted by Gasteiger charge is -2.08. The topological polar surface area (TPSA) is 74.9 Å². The summed E-state index contributed by atoms with van der Waals surface area (Å²) in [7, 11) is 1.67. The number of nitrogens with zero attached hydrogens (tertiary/aromatic N) is 2. The van der Waals surface area contributed by atoms with Crippen LogP contribution in [0.25, 0.3) is 10.9 Å². The Hall–Kier alpha value is -2.60. The molecule has 0 radical (unpaired) electrons. The molecule has 1 aromatic carbocycles. The Morgan fingerprint density at radius 3 is 2.96 bits per heavy atom. The van der Waals surface area contributed by atoms with E-state index in [9.17, 15) is 0 Å². The number of aromatic nitrogens is 3. The normalized spacial score (nSPS) is 10.8. The monoisotopic (exact) mass is 311 g/mol.